The van der Waals surface area contributed by atoms with Crippen molar-refractivity contribution in [2.45, 2.75) is 24.4 Å². The maximum absolute atomic E-state index is 12.0. The lowest BCUT2D eigenvalue weighted by Gasteiger charge is -2.26. The van der Waals surface area contributed by atoms with Crippen LogP contribution < -0.4 is 10.9 Å². The minimum Gasteiger partial charge on any atom is -0.354 e. The maximum atomic E-state index is 12.0. The van der Waals surface area contributed by atoms with Gasteiger partial charge in [0, 0.05) is 13.1 Å². The number of nitrogens with zero attached hydrogens (tertiary/aromatic N) is 2. The summed E-state index contributed by atoms with van der Waals surface area (Å²) in [5.41, 5.74) is 0.475. The smallest absolute Gasteiger partial charge is 0.259 e. The van der Waals surface area contributed by atoms with Gasteiger partial charge >= 0.3 is 0 Å². The molecule has 128 valence electrons. The van der Waals surface area contributed by atoms with Crippen molar-refractivity contribution in [1.82, 2.24) is 20.2 Å². The fourth-order valence-corrected chi connectivity index (χ4v) is 3.55. The van der Waals surface area contributed by atoms with E-state index in [-0.39, 0.29) is 17.2 Å². The lowest BCUT2D eigenvalue weighted by atomic mass is 10.1. The van der Waals surface area contributed by atoms with Crippen LogP contribution >= 0.6 is 11.8 Å². The molecule has 0 aliphatic carbocycles. The molecule has 2 N–H and O–H groups in total. The number of piperidine rings is 1. The molecule has 1 aliphatic heterocycles. The zero-order chi connectivity index (χ0) is 16.8. The third-order valence-corrected chi connectivity index (χ3v) is 5.00. The average molecular weight is 346 g/mol. The molecule has 2 aromatic rings. The largest absolute Gasteiger partial charge is 0.354 e. The minimum absolute atomic E-state index is 0.0344. The zero-order valence-electron chi connectivity index (χ0n) is 13.6. The molecule has 6 nitrogen and oxygen atoms in total. The number of carbonyl (C=O) groups is 1. The summed E-state index contributed by atoms with van der Waals surface area (Å²) in [5.74, 6) is 0.217. The van der Waals surface area contributed by atoms with Crippen molar-refractivity contribution in [1.29, 1.82) is 0 Å². The van der Waals surface area contributed by atoms with E-state index in [1.54, 1.807) is 12.1 Å². The number of hydrogen-bond donors (Lipinski definition) is 2. The highest BCUT2D eigenvalue weighted by Gasteiger charge is 2.10. The highest BCUT2D eigenvalue weighted by atomic mass is 32.2. The summed E-state index contributed by atoms with van der Waals surface area (Å²) in [6.45, 7) is 3.84. The molecule has 1 amide bonds. The average Bonchev–Trinajstić information content (AvgIpc) is 2.61. The molecule has 0 spiro atoms. The number of carbonyl (C=O) groups excluding carboxylic acids is 1. The summed E-state index contributed by atoms with van der Waals surface area (Å²) in [5, 5.41) is 3.97. The van der Waals surface area contributed by atoms with Gasteiger partial charge < -0.3 is 15.2 Å². The third-order valence-electron chi connectivity index (χ3n) is 4.13. The Labute approximate surface area is 145 Å². The molecule has 3 rings (SSSR count). The van der Waals surface area contributed by atoms with Gasteiger partial charge in [0.1, 0.15) is 0 Å². The van der Waals surface area contributed by atoms with Crippen LogP contribution in [0.15, 0.2) is 34.2 Å². The first kappa shape index (κ1) is 17.0. The van der Waals surface area contributed by atoms with Crippen LogP contribution in [-0.2, 0) is 4.79 Å². The first-order chi connectivity index (χ1) is 11.7. The summed E-state index contributed by atoms with van der Waals surface area (Å²) in [6.07, 6.45) is 3.83. The number of thioether (sulfide) groups is 1. The minimum atomic E-state index is -0.173. The zero-order valence-corrected chi connectivity index (χ0v) is 14.4. The normalized spacial score (nSPS) is 15.5. The topological polar surface area (TPSA) is 78.1 Å². The molecular weight excluding hydrogens is 324 g/mol. The summed E-state index contributed by atoms with van der Waals surface area (Å²) < 4.78 is 0. The first-order valence-corrected chi connectivity index (χ1v) is 9.32. The molecule has 0 bridgehead atoms. The van der Waals surface area contributed by atoms with Crippen LogP contribution in [0.2, 0.25) is 0 Å². The Morgan fingerprint density at radius 1 is 1.25 bits per heavy atom. The fraction of sp³-hybridized carbons (Fsp3) is 0.471. The lowest BCUT2D eigenvalue weighted by Crippen LogP contribution is -2.38. The monoisotopic (exact) mass is 346 g/mol. The molecule has 0 radical (unpaired) electrons. The first-order valence-electron chi connectivity index (χ1n) is 8.33. The van der Waals surface area contributed by atoms with Gasteiger partial charge in [-0.15, -0.1) is 0 Å². The fourth-order valence-electron chi connectivity index (χ4n) is 2.85. The van der Waals surface area contributed by atoms with E-state index in [4.69, 9.17) is 0 Å². The van der Waals surface area contributed by atoms with Crippen molar-refractivity contribution in [3.63, 3.8) is 0 Å². The maximum Gasteiger partial charge on any atom is 0.259 e. The van der Waals surface area contributed by atoms with E-state index in [0.717, 1.165) is 19.6 Å². The van der Waals surface area contributed by atoms with Crippen molar-refractivity contribution in [2.24, 2.45) is 0 Å². The van der Waals surface area contributed by atoms with Crippen LogP contribution in [0.5, 0.6) is 0 Å². The van der Waals surface area contributed by atoms with Gasteiger partial charge in [0.25, 0.3) is 5.56 Å². The van der Waals surface area contributed by atoms with Gasteiger partial charge in [0.2, 0.25) is 5.91 Å². The summed E-state index contributed by atoms with van der Waals surface area (Å²) in [7, 11) is 0. The van der Waals surface area contributed by atoms with Gasteiger partial charge in [-0.2, -0.15) is 0 Å². The predicted octanol–water partition coefficient (Wildman–Crippen LogP) is 1.62. The van der Waals surface area contributed by atoms with Crippen LogP contribution in [0, 0.1) is 0 Å². The van der Waals surface area contributed by atoms with E-state index >= 15 is 0 Å². The van der Waals surface area contributed by atoms with E-state index in [1.807, 2.05) is 12.1 Å². The van der Waals surface area contributed by atoms with Gasteiger partial charge in [-0.25, -0.2) is 4.98 Å². The second-order valence-electron chi connectivity index (χ2n) is 5.93. The Bertz CT molecular complexity index is 756. The molecule has 0 saturated carbocycles. The van der Waals surface area contributed by atoms with Crippen molar-refractivity contribution in [2.75, 3.05) is 31.9 Å². The molecule has 7 heteroatoms. The number of amides is 1. The van der Waals surface area contributed by atoms with Crippen LogP contribution in [0.25, 0.3) is 10.9 Å². The Morgan fingerprint density at radius 3 is 2.88 bits per heavy atom. The Hall–Kier alpha value is -1.86. The Morgan fingerprint density at radius 2 is 2.04 bits per heavy atom. The van der Waals surface area contributed by atoms with Gasteiger partial charge in [0.15, 0.2) is 5.16 Å². The third kappa shape index (κ3) is 4.58. The predicted molar refractivity (Wildman–Crippen MR) is 96.4 cm³/mol. The van der Waals surface area contributed by atoms with E-state index in [1.165, 1.54) is 31.0 Å². The quantitative estimate of drug-likeness (QED) is 0.614. The Kier molecular flexibility index (Phi) is 5.87. The number of benzene rings is 1. The summed E-state index contributed by atoms with van der Waals surface area (Å²) in [6, 6.07) is 7.19. The van der Waals surface area contributed by atoms with Gasteiger partial charge in [-0.1, -0.05) is 30.3 Å². The highest BCUT2D eigenvalue weighted by molar-refractivity contribution is 7.99. The van der Waals surface area contributed by atoms with Crippen LogP contribution in [-0.4, -0.2) is 52.7 Å². The summed E-state index contributed by atoms with van der Waals surface area (Å²) in [4.78, 5) is 33.4. The molecular formula is C17H22N4O2S. The number of hydrogen-bond acceptors (Lipinski definition) is 5. The summed E-state index contributed by atoms with van der Waals surface area (Å²) >= 11 is 1.25. The van der Waals surface area contributed by atoms with Crippen molar-refractivity contribution < 1.29 is 4.79 Å². The van der Waals surface area contributed by atoms with Crippen molar-refractivity contribution in [3.8, 4) is 0 Å². The molecule has 1 saturated heterocycles. The molecule has 1 aromatic heterocycles. The van der Waals surface area contributed by atoms with Gasteiger partial charge in [-0.05, 0) is 38.1 Å². The van der Waals surface area contributed by atoms with Crippen molar-refractivity contribution in [3.05, 3.63) is 34.6 Å². The van der Waals surface area contributed by atoms with Crippen molar-refractivity contribution >= 4 is 28.6 Å². The number of likely N-dealkylation sites (tertiary alicyclic amines) is 1. The number of aromatic nitrogens is 2. The van der Waals surface area contributed by atoms with E-state index in [0.29, 0.717) is 22.6 Å². The number of para-hydroxylation sites is 1. The molecule has 1 aliphatic rings. The molecule has 24 heavy (non-hydrogen) atoms. The number of rotatable bonds is 6. The number of aromatic amines is 1. The molecule has 1 aromatic carbocycles. The number of nitrogens with one attached hydrogen (secondary N) is 2. The Balaban J connectivity index is 1.46. The molecule has 2 heterocycles. The van der Waals surface area contributed by atoms with E-state index in [2.05, 4.69) is 20.2 Å². The lowest BCUT2D eigenvalue weighted by molar-refractivity contribution is -0.118. The molecule has 0 unspecified atom stereocenters. The van der Waals surface area contributed by atoms with Gasteiger partial charge in [-0.3, -0.25) is 9.59 Å². The second kappa shape index (κ2) is 8.30. The van der Waals surface area contributed by atoms with E-state index < -0.39 is 0 Å². The van der Waals surface area contributed by atoms with E-state index in [9.17, 15) is 9.59 Å². The number of H-pyrrole nitrogens is 1. The molecule has 0 atom stereocenters. The second-order valence-corrected chi connectivity index (χ2v) is 6.89. The van der Waals surface area contributed by atoms with Gasteiger partial charge in [0.05, 0.1) is 16.7 Å². The highest BCUT2D eigenvalue weighted by Crippen LogP contribution is 2.14. The number of fused-ring (bicyclic) bond motifs is 1. The molecule has 1 fully saturated rings. The SMILES string of the molecule is O=C(CSc1nc2ccccc2c(=O)[nH]1)NCCN1CCCCC1. The standard InChI is InChI=1S/C17H22N4O2S/c22-15(18-8-11-21-9-4-1-5-10-21)12-24-17-19-14-7-3-2-6-13(14)16(23)20-17/h2-3,6-7H,1,4-5,8-12H2,(H,18,22)(H,19,20,23). The van der Waals surface area contributed by atoms with Crippen LogP contribution in [0.3, 0.4) is 0 Å². The van der Waals surface area contributed by atoms with Crippen LogP contribution in [0.4, 0.5) is 0 Å². The van der Waals surface area contributed by atoms with Crippen LogP contribution in [0.1, 0.15) is 19.3 Å².